The number of rotatable bonds is 1. The zero-order valence-electron chi connectivity index (χ0n) is 11.7. The summed E-state index contributed by atoms with van der Waals surface area (Å²) < 4.78 is -1.31. The van der Waals surface area contributed by atoms with Gasteiger partial charge < -0.3 is 20.4 Å². The first kappa shape index (κ1) is 15.9. The van der Waals surface area contributed by atoms with Crippen LogP contribution in [0.2, 0.25) is 0 Å². The van der Waals surface area contributed by atoms with E-state index in [1.165, 1.54) is 11.8 Å². The average molecular weight is 308 g/mol. The molecule has 112 valence electrons. The molecule has 4 N–H and O–H groups in total. The number of aliphatic hydroxyl groups excluding tert-OH is 4. The second-order valence-electron chi connectivity index (χ2n) is 6.62. The summed E-state index contributed by atoms with van der Waals surface area (Å²) in [6, 6.07) is 0. The molecule has 0 aromatic carbocycles. The molecule has 6 heteroatoms. The van der Waals surface area contributed by atoms with Gasteiger partial charge in [-0.1, -0.05) is 20.8 Å². The van der Waals surface area contributed by atoms with Crippen molar-refractivity contribution in [3.8, 4) is 0 Å². The minimum Gasteiger partial charge on any atom is -0.395 e. The van der Waals surface area contributed by atoms with Crippen molar-refractivity contribution in [2.75, 3.05) is 18.1 Å². The van der Waals surface area contributed by atoms with Crippen LogP contribution in [0.15, 0.2) is 0 Å². The first-order valence-corrected chi connectivity index (χ1v) is 8.60. The minimum atomic E-state index is -1.21. The standard InChI is InChI=1S/C13H24O4S2/c1-11(2,3)13-6-12(7-14,18-4-5-19-13)9(16)8(15)10(13)17/h8-10,14-17H,4-7H2,1-3H3/t8-,9-,10+,12-,13?/m0/s1. The molecular weight excluding hydrogens is 284 g/mol. The number of fused-ring (bicyclic) bond motifs is 2. The third-order valence-corrected chi connectivity index (χ3v) is 8.27. The van der Waals surface area contributed by atoms with Crippen LogP contribution >= 0.6 is 23.5 Å². The Bertz CT molecular complexity index is 346. The predicted octanol–water partition coefficient (Wildman–Crippen LogP) is 0.469. The maximum Gasteiger partial charge on any atom is 0.109 e. The van der Waals surface area contributed by atoms with Crippen molar-refractivity contribution in [1.82, 2.24) is 0 Å². The fourth-order valence-electron chi connectivity index (χ4n) is 3.28. The van der Waals surface area contributed by atoms with E-state index in [0.29, 0.717) is 6.42 Å². The minimum absolute atomic E-state index is 0.180. The van der Waals surface area contributed by atoms with Gasteiger partial charge in [-0.3, -0.25) is 0 Å². The van der Waals surface area contributed by atoms with E-state index in [1.54, 1.807) is 11.8 Å². The molecule has 0 aromatic rings. The summed E-state index contributed by atoms with van der Waals surface area (Å²) >= 11 is 3.19. The Morgan fingerprint density at radius 2 is 1.63 bits per heavy atom. The summed E-state index contributed by atoms with van der Waals surface area (Å²) in [7, 11) is 0. The van der Waals surface area contributed by atoms with Crippen molar-refractivity contribution >= 4 is 23.5 Å². The summed E-state index contributed by atoms with van der Waals surface area (Å²) in [4.78, 5) is 0. The maximum atomic E-state index is 10.6. The fraction of sp³-hybridized carbons (Fsp3) is 1.00. The van der Waals surface area contributed by atoms with E-state index < -0.39 is 27.8 Å². The van der Waals surface area contributed by atoms with E-state index in [4.69, 9.17) is 0 Å². The molecule has 5 atom stereocenters. The van der Waals surface area contributed by atoms with Gasteiger partial charge in [0, 0.05) is 11.5 Å². The summed E-state index contributed by atoms with van der Waals surface area (Å²) in [6.07, 6.45) is -2.77. The van der Waals surface area contributed by atoms with Crippen LogP contribution in [0.1, 0.15) is 27.2 Å². The highest BCUT2D eigenvalue weighted by Crippen LogP contribution is 2.59. The van der Waals surface area contributed by atoms with E-state index in [2.05, 4.69) is 0 Å². The normalized spacial score (nSPS) is 47.8. The molecule has 1 unspecified atom stereocenters. The van der Waals surface area contributed by atoms with Gasteiger partial charge in [0.2, 0.25) is 0 Å². The molecule has 2 bridgehead atoms. The van der Waals surface area contributed by atoms with Crippen LogP contribution < -0.4 is 0 Å². The molecular formula is C13H24O4S2. The summed E-state index contributed by atoms with van der Waals surface area (Å²) in [5.74, 6) is 1.65. The molecule has 0 amide bonds. The Labute approximate surface area is 123 Å². The van der Waals surface area contributed by atoms with Gasteiger partial charge >= 0.3 is 0 Å². The molecule has 1 aliphatic carbocycles. The molecule has 0 spiro atoms. The molecule has 2 aliphatic rings. The molecule has 0 aromatic heterocycles. The summed E-state index contributed by atoms with van der Waals surface area (Å²) in [5, 5.41) is 40.9. The highest BCUT2D eigenvalue weighted by Gasteiger charge is 2.63. The molecule has 1 aliphatic heterocycles. The third kappa shape index (κ3) is 2.24. The Balaban J connectivity index is 2.52. The van der Waals surface area contributed by atoms with Crippen LogP contribution in [0.3, 0.4) is 0 Å². The Morgan fingerprint density at radius 1 is 1.05 bits per heavy atom. The molecule has 19 heavy (non-hydrogen) atoms. The van der Waals surface area contributed by atoms with Crippen molar-refractivity contribution in [3.63, 3.8) is 0 Å². The summed E-state index contributed by atoms with van der Waals surface area (Å²) in [5.41, 5.74) is -0.233. The number of aliphatic hydroxyl groups is 4. The van der Waals surface area contributed by atoms with Crippen LogP contribution in [0.4, 0.5) is 0 Å². The highest BCUT2D eigenvalue weighted by atomic mass is 32.2. The van der Waals surface area contributed by atoms with Crippen LogP contribution in [-0.2, 0) is 0 Å². The SMILES string of the molecule is CC(C)(C)C12C[C@@](CO)(SCCS1)[C@@H](O)[C@H](O)[C@H]2O. The number of hydrogen-bond donors (Lipinski definition) is 4. The lowest BCUT2D eigenvalue weighted by Crippen LogP contribution is -2.69. The van der Waals surface area contributed by atoms with Crippen molar-refractivity contribution in [3.05, 3.63) is 0 Å². The van der Waals surface area contributed by atoms with Gasteiger partial charge in [0.05, 0.1) is 28.3 Å². The van der Waals surface area contributed by atoms with Gasteiger partial charge in [-0.25, -0.2) is 0 Å². The van der Waals surface area contributed by atoms with Crippen LogP contribution in [0.5, 0.6) is 0 Å². The van der Waals surface area contributed by atoms with Crippen molar-refractivity contribution < 1.29 is 20.4 Å². The van der Waals surface area contributed by atoms with Gasteiger partial charge in [-0.2, -0.15) is 11.8 Å². The first-order valence-electron chi connectivity index (χ1n) is 6.63. The fourth-order valence-corrected chi connectivity index (χ4v) is 6.64. The first-order chi connectivity index (χ1) is 8.70. The van der Waals surface area contributed by atoms with E-state index in [0.717, 1.165) is 11.5 Å². The van der Waals surface area contributed by atoms with Gasteiger partial charge in [0.25, 0.3) is 0 Å². The maximum absolute atomic E-state index is 10.6. The number of thioether (sulfide) groups is 2. The second kappa shape index (κ2) is 5.07. The monoisotopic (exact) mass is 308 g/mol. The molecule has 1 saturated heterocycles. The van der Waals surface area contributed by atoms with Crippen molar-refractivity contribution in [2.24, 2.45) is 5.41 Å². The smallest absolute Gasteiger partial charge is 0.109 e. The molecule has 2 fully saturated rings. The van der Waals surface area contributed by atoms with Crippen molar-refractivity contribution in [2.45, 2.75) is 55.0 Å². The molecule has 0 radical (unpaired) electrons. The average Bonchev–Trinajstić information content (AvgIpc) is 2.54. The zero-order valence-corrected chi connectivity index (χ0v) is 13.3. The molecule has 4 nitrogen and oxygen atoms in total. The lowest BCUT2D eigenvalue weighted by molar-refractivity contribution is -0.137. The largest absolute Gasteiger partial charge is 0.395 e. The van der Waals surface area contributed by atoms with E-state index in [9.17, 15) is 20.4 Å². The van der Waals surface area contributed by atoms with Gasteiger partial charge in [0.15, 0.2) is 0 Å². The molecule has 1 heterocycles. The van der Waals surface area contributed by atoms with E-state index >= 15 is 0 Å². The van der Waals surface area contributed by atoms with E-state index in [-0.39, 0.29) is 12.0 Å². The predicted molar refractivity (Wildman–Crippen MR) is 79.6 cm³/mol. The molecule has 1 saturated carbocycles. The number of hydrogen-bond acceptors (Lipinski definition) is 6. The quantitative estimate of drug-likeness (QED) is 0.564. The van der Waals surface area contributed by atoms with Gasteiger partial charge in [-0.05, 0) is 11.8 Å². The zero-order chi connectivity index (χ0) is 14.5. The van der Waals surface area contributed by atoms with Crippen LogP contribution in [0, 0.1) is 5.41 Å². The Morgan fingerprint density at radius 3 is 2.16 bits per heavy atom. The lowest BCUT2D eigenvalue weighted by Gasteiger charge is -2.57. The van der Waals surface area contributed by atoms with Gasteiger partial charge in [-0.15, -0.1) is 11.8 Å². The Hall–Kier alpha value is 0.540. The second-order valence-corrected chi connectivity index (χ2v) is 9.55. The van der Waals surface area contributed by atoms with Crippen LogP contribution in [0.25, 0.3) is 0 Å². The Kier molecular flexibility index (Phi) is 4.25. The topological polar surface area (TPSA) is 80.9 Å². The third-order valence-electron chi connectivity index (χ3n) is 4.60. The molecule has 2 rings (SSSR count). The van der Waals surface area contributed by atoms with Crippen molar-refractivity contribution in [1.29, 1.82) is 0 Å². The van der Waals surface area contributed by atoms with E-state index in [1.807, 2.05) is 20.8 Å². The van der Waals surface area contributed by atoms with Crippen LogP contribution in [-0.4, -0.2) is 66.3 Å². The summed E-state index contributed by atoms with van der Waals surface area (Å²) in [6.45, 7) is 5.96. The van der Waals surface area contributed by atoms with Gasteiger partial charge in [0.1, 0.15) is 6.10 Å². The lowest BCUT2D eigenvalue weighted by atomic mass is 9.64. The highest BCUT2D eigenvalue weighted by molar-refractivity contribution is 8.05.